The maximum absolute atomic E-state index is 12.0. The number of fused-ring (bicyclic) bond motifs is 1. The van der Waals surface area contributed by atoms with E-state index in [0.717, 1.165) is 15.4 Å². The van der Waals surface area contributed by atoms with Crippen LogP contribution in [0.25, 0.3) is 10.9 Å². The van der Waals surface area contributed by atoms with Crippen LogP contribution in [0.4, 0.5) is 0 Å². The molecule has 0 aliphatic rings. The summed E-state index contributed by atoms with van der Waals surface area (Å²) in [6, 6.07) is 10.9. The molecule has 3 aromatic rings. The topological polar surface area (TPSA) is 89.8 Å². The highest BCUT2D eigenvalue weighted by molar-refractivity contribution is 9.10. The maximum Gasteiger partial charge on any atom is 0.286 e. The summed E-state index contributed by atoms with van der Waals surface area (Å²) in [6.07, 6.45) is 1.63. The number of rotatable bonds is 2. The van der Waals surface area contributed by atoms with Crippen molar-refractivity contribution in [1.29, 1.82) is 0 Å². The quantitative estimate of drug-likeness (QED) is 0.536. The fourth-order valence-corrected chi connectivity index (χ4v) is 2.29. The lowest BCUT2D eigenvalue weighted by Crippen LogP contribution is -2.41. The summed E-state index contributed by atoms with van der Waals surface area (Å²) in [7, 11) is 0. The average molecular weight is 347 g/mol. The third-order valence-corrected chi connectivity index (χ3v) is 3.41. The van der Waals surface area contributed by atoms with Crippen LogP contribution in [0.3, 0.4) is 0 Å². The first-order valence-corrected chi connectivity index (χ1v) is 6.95. The minimum Gasteiger partial charge on any atom is -0.356 e. The first-order valence-electron chi connectivity index (χ1n) is 6.16. The van der Waals surface area contributed by atoms with Gasteiger partial charge in [-0.25, -0.2) is 0 Å². The number of benzene rings is 1. The lowest BCUT2D eigenvalue weighted by atomic mass is 10.2. The van der Waals surface area contributed by atoms with Gasteiger partial charge in [-0.2, -0.15) is 0 Å². The molecule has 0 aliphatic carbocycles. The van der Waals surface area contributed by atoms with E-state index in [2.05, 4.69) is 36.7 Å². The monoisotopic (exact) mass is 346 g/mol. The van der Waals surface area contributed by atoms with E-state index in [1.807, 2.05) is 24.3 Å². The van der Waals surface area contributed by atoms with Gasteiger partial charge in [-0.05, 0) is 34.1 Å². The molecule has 2 heterocycles. The van der Waals surface area contributed by atoms with E-state index in [4.69, 9.17) is 0 Å². The molecule has 1 aromatic carbocycles. The minimum atomic E-state index is -0.426. The van der Waals surface area contributed by atoms with Gasteiger partial charge in [0.25, 0.3) is 11.8 Å². The molecular formula is C14H11BrN4O2. The molecule has 106 valence electrons. The summed E-state index contributed by atoms with van der Waals surface area (Å²) < 4.78 is 0.759. The fraction of sp³-hybridized carbons (Fsp3) is 0. The Labute approximate surface area is 128 Å². The number of hydrogen-bond donors (Lipinski definition) is 4. The molecule has 0 spiro atoms. The van der Waals surface area contributed by atoms with Crippen molar-refractivity contribution in [3.63, 3.8) is 0 Å². The highest BCUT2D eigenvalue weighted by Gasteiger charge is 2.12. The van der Waals surface area contributed by atoms with Crippen molar-refractivity contribution in [1.82, 2.24) is 20.8 Å². The number of carbonyl (C=O) groups is 2. The van der Waals surface area contributed by atoms with E-state index in [-0.39, 0.29) is 0 Å². The van der Waals surface area contributed by atoms with Gasteiger partial charge in [-0.15, -0.1) is 0 Å². The highest BCUT2D eigenvalue weighted by Crippen LogP contribution is 2.14. The number of nitrogens with one attached hydrogen (secondary N) is 4. The average Bonchev–Trinajstić information content (AvgIpc) is 3.10. The molecule has 2 aromatic heterocycles. The van der Waals surface area contributed by atoms with E-state index in [0.29, 0.717) is 11.4 Å². The second-order valence-corrected chi connectivity index (χ2v) is 5.33. The lowest BCUT2D eigenvalue weighted by Gasteiger charge is -2.04. The molecule has 0 aliphatic heterocycles. The van der Waals surface area contributed by atoms with Gasteiger partial charge in [-0.1, -0.05) is 18.2 Å². The number of aromatic amines is 2. The van der Waals surface area contributed by atoms with Gasteiger partial charge >= 0.3 is 0 Å². The van der Waals surface area contributed by atoms with Crippen LogP contribution >= 0.6 is 15.9 Å². The van der Waals surface area contributed by atoms with Crippen LogP contribution in [0.1, 0.15) is 21.0 Å². The van der Waals surface area contributed by atoms with Crippen LogP contribution < -0.4 is 10.9 Å². The van der Waals surface area contributed by atoms with E-state index in [1.165, 1.54) is 0 Å². The van der Waals surface area contributed by atoms with Gasteiger partial charge in [0.05, 0.1) is 0 Å². The largest absolute Gasteiger partial charge is 0.356 e. The number of para-hydroxylation sites is 1. The summed E-state index contributed by atoms with van der Waals surface area (Å²) in [4.78, 5) is 29.5. The summed E-state index contributed by atoms with van der Waals surface area (Å²) in [5, 5.41) is 0.933. The van der Waals surface area contributed by atoms with Crippen LogP contribution in [-0.2, 0) is 0 Å². The van der Waals surface area contributed by atoms with Crippen LogP contribution in [0.15, 0.2) is 47.1 Å². The van der Waals surface area contributed by atoms with E-state index in [9.17, 15) is 9.59 Å². The molecule has 3 rings (SSSR count). The molecular weight excluding hydrogens is 336 g/mol. The van der Waals surface area contributed by atoms with Crippen molar-refractivity contribution in [2.75, 3.05) is 0 Å². The molecule has 21 heavy (non-hydrogen) atoms. The van der Waals surface area contributed by atoms with Crippen LogP contribution in [0.2, 0.25) is 0 Å². The standard InChI is InChI=1S/C14H11BrN4O2/c15-9-6-11(16-7-9)13(20)18-19-14(21)12-5-8-3-1-2-4-10(8)17-12/h1-7,16-17H,(H,18,20)(H,19,21). The minimum absolute atomic E-state index is 0.346. The first kappa shape index (κ1) is 13.4. The molecule has 4 N–H and O–H groups in total. The Morgan fingerprint density at radius 2 is 1.71 bits per heavy atom. The molecule has 6 nitrogen and oxygen atoms in total. The zero-order valence-corrected chi connectivity index (χ0v) is 12.3. The normalized spacial score (nSPS) is 10.5. The lowest BCUT2D eigenvalue weighted by molar-refractivity contribution is 0.0842. The predicted octanol–water partition coefficient (Wildman–Crippen LogP) is 2.33. The second-order valence-electron chi connectivity index (χ2n) is 4.41. The maximum atomic E-state index is 12.0. The van der Waals surface area contributed by atoms with Gasteiger partial charge in [0, 0.05) is 21.6 Å². The van der Waals surface area contributed by atoms with E-state index < -0.39 is 11.8 Å². The molecule has 0 unspecified atom stereocenters. The summed E-state index contributed by atoms with van der Waals surface area (Å²) in [5.74, 6) is -0.838. The number of aromatic nitrogens is 2. The van der Waals surface area contributed by atoms with E-state index >= 15 is 0 Å². The van der Waals surface area contributed by atoms with Gasteiger partial charge in [-0.3, -0.25) is 20.4 Å². The predicted molar refractivity (Wildman–Crippen MR) is 81.7 cm³/mol. The number of H-pyrrole nitrogens is 2. The van der Waals surface area contributed by atoms with Crippen molar-refractivity contribution >= 4 is 38.6 Å². The molecule has 0 radical (unpaired) electrons. The highest BCUT2D eigenvalue weighted by atomic mass is 79.9. The number of hydrazine groups is 1. The molecule has 0 bridgehead atoms. The van der Waals surface area contributed by atoms with Gasteiger partial charge in [0.15, 0.2) is 0 Å². The van der Waals surface area contributed by atoms with Gasteiger partial charge in [0.1, 0.15) is 11.4 Å². The number of hydrogen-bond acceptors (Lipinski definition) is 2. The Balaban J connectivity index is 1.67. The summed E-state index contributed by atoms with van der Waals surface area (Å²) >= 11 is 3.23. The SMILES string of the molecule is O=C(NNC(=O)c1cc2ccccc2[nH]1)c1cc(Br)c[nH]1. The fourth-order valence-electron chi connectivity index (χ4n) is 1.94. The Bertz CT molecular complexity index is 788. The van der Waals surface area contributed by atoms with Crippen LogP contribution in [0, 0.1) is 0 Å². The second kappa shape index (κ2) is 5.45. The molecule has 0 saturated heterocycles. The molecule has 7 heteroatoms. The van der Waals surface area contributed by atoms with Crippen LogP contribution in [0.5, 0.6) is 0 Å². The third-order valence-electron chi connectivity index (χ3n) is 2.96. The summed E-state index contributed by atoms with van der Waals surface area (Å²) in [5.41, 5.74) is 6.29. The smallest absolute Gasteiger partial charge is 0.286 e. The van der Waals surface area contributed by atoms with Crippen molar-refractivity contribution < 1.29 is 9.59 Å². The molecule has 2 amide bonds. The number of halogens is 1. The Morgan fingerprint density at radius 1 is 1.00 bits per heavy atom. The van der Waals surface area contributed by atoms with E-state index in [1.54, 1.807) is 18.3 Å². The van der Waals surface area contributed by atoms with Crippen molar-refractivity contribution in [2.24, 2.45) is 0 Å². The molecule has 0 atom stereocenters. The van der Waals surface area contributed by atoms with Gasteiger partial charge < -0.3 is 9.97 Å². The van der Waals surface area contributed by atoms with Crippen molar-refractivity contribution in [2.45, 2.75) is 0 Å². The Hall–Kier alpha value is -2.54. The number of carbonyl (C=O) groups excluding carboxylic acids is 2. The molecule has 0 fully saturated rings. The number of amides is 2. The zero-order valence-electron chi connectivity index (χ0n) is 10.7. The zero-order chi connectivity index (χ0) is 14.8. The van der Waals surface area contributed by atoms with Crippen molar-refractivity contribution in [3.8, 4) is 0 Å². The molecule has 0 saturated carbocycles. The van der Waals surface area contributed by atoms with Crippen LogP contribution in [-0.4, -0.2) is 21.8 Å². The van der Waals surface area contributed by atoms with Crippen molar-refractivity contribution in [3.05, 3.63) is 58.5 Å². The van der Waals surface area contributed by atoms with Gasteiger partial charge in [0.2, 0.25) is 0 Å². The third kappa shape index (κ3) is 2.82. The Morgan fingerprint density at radius 3 is 2.38 bits per heavy atom. The summed E-state index contributed by atoms with van der Waals surface area (Å²) in [6.45, 7) is 0. The first-order chi connectivity index (χ1) is 10.1. The Kier molecular flexibility index (Phi) is 3.49.